The second-order valence-corrected chi connectivity index (χ2v) is 7.55. The van der Waals surface area contributed by atoms with Crippen molar-refractivity contribution in [3.8, 4) is 17.2 Å². The second-order valence-electron chi connectivity index (χ2n) is 6.69. The van der Waals surface area contributed by atoms with E-state index in [4.69, 9.17) is 14.2 Å². The minimum atomic E-state index is 0.488. The number of hydrogen-bond acceptors (Lipinski definition) is 4. The summed E-state index contributed by atoms with van der Waals surface area (Å²) in [6, 6.07) is 20.3. The van der Waals surface area contributed by atoms with Crippen LogP contribution in [0.4, 0.5) is 5.69 Å². The molecule has 5 heteroatoms. The Kier molecular flexibility index (Phi) is 7.42. The van der Waals surface area contributed by atoms with E-state index < -0.39 is 0 Å². The topological polar surface area (TPSA) is 39.7 Å². The lowest BCUT2D eigenvalue weighted by atomic mass is 10.1. The van der Waals surface area contributed by atoms with Crippen LogP contribution in [-0.4, -0.2) is 13.7 Å². The molecule has 0 saturated heterocycles. The molecular formula is C24H26BrNO3. The molecule has 0 radical (unpaired) electrons. The van der Waals surface area contributed by atoms with Gasteiger partial charge >= 0.3 is 0 Å². The van der Waals surface area contributed by atoms with E-state index in [0.29, 0.717) is 19.8 Å². The first kappa shape index (κ1) is 21.1. The molecule has 0 unspecified atom stereocenters. The molecule has 0 heterocycles. The van der Waals surface area contributed by atoms with Crippen LogP contribution in [0.25, 0.3) is 0 Å². The molecule has 3 rings (SSSR count). The van der Waals surface area contributed by atoms with E-state index in [-0.39, 0.29) is 0 Å². The van der Waals surface area contributed by atoms with Gasteiger partial charge < -0.3 is 19.5 Å². The second kappa shape index (κ2) is 10.2. The third-order valence-electron chi connectivity index (χ3n) is 4.46. The van der Waals surface area contributed by atoms with Crippen molar-refractivity contribution in [3.63, 3.8) is 0 Å². The Morgan fingerprint density at radius 2 is 1.62 bits per heavy atom. The van der Waals surface area contributed by atoms with Crippen molar-refractivity contribution in [1.82, 2.24) is 0 Å². The zero-order valence-corrected chi connectivity index (χ0v) is 18.6. The van der Waals surface area contributed by atoms with Crippen molar-refractivity contribution in [2.24, 2.45) is 0 Å². The SMILES string of the molecule is CCOc1cc(CNc2ccc(OC)cc2)cc(Br)c1OCc1ccc(C)cc1. The number of ether oxygens (including phenoxy) is 3. The van der Waals surface area contributed by atoms with Gasteiger partial charge in [0.2, 0.25) is 0 Å². The maximum absolute atomic E-state index is 6.08. The van der Waals surface area contributed by atoms with Crippen LogP contribution < -0.4 is 19.5 Å². The van der Waals surface area contributed by atoms with Crippen LogP contribution in [-0.2, 0) is 13.2 Å². The zero-order valence-electron chi connectivity index (χ0n) is 17.0. The summed E-state index contributed by atoms with van der Waals surface area (Å²) in [6.07, 6.45) is 0. The van der Waals surface area contributed by atoms with Gasteiger partial charge in [0.15, 0.2) is 11.5 Å². The number of anilines is 1. The maximum atomic E-state index is 6.08. The fraction of sp³-hybridized carbons (Fsp3) is 0.250. The number of aryl methyl sites for hydroxylation is 1. The van der Waals surface area contributed by atoms with Crippen molar-refractivity contribution in [2.75, 3.05) is 19.0 Å². The Labute approximate surface area is 180 Å². The number of nitrogens with one attached hydrogen (secondary N) is 1. The van der Waals surface area contributed by atoms with Gasteiger partial charge in [0, 0.05) is 12.2 Å². The van der Waals surface area contributed by atoms with Crippen LogP contribution in [0.5, 0.6) is 17.2 Å². The van der Waals surface area contributed by atoms with Crippen molar-refractivity contribution in [2.45, 2.75) is 27.0 Å². The largest absolute Gasteiger partial charge is 0.497 e. The Balaban J connectivity index is 1.71. The molecule has 0 saturated carbocycles. The molecule has 3 aromatic carbocycles. The maximum Gasteiger partial charge on any atom is 0.175 e. The predicted octanol–water partition coefficient (Wildman–Crippen LogP) is 6.36. The normalized spacial score (nSPS) is 10.5. The number of hydrogen-bond donors (Lipinski definition) is 1. The summed E-state index contributed by atoms with van der Waals surface area (Å²) < 4.78 is 18.0. The first-order valence-corrected chi connectivity index (χ1v) is 10.4. The quantitative estimate of drug-likeness (QED) is 0.407. The van der Waals surface area contributed by atoms with Crippen LogP contribution in [0.2, 0.25) is 0 Å². The number of rotatable bonds is 9. The number of benzene rings is 3. The van der Waals surface area contributed by atoms with Gasteiger partial charge in [0.1, 0.15) is 12.4 Å². The third-order valence-corrected chi connectivity index (χ3v) is 5.05. The highest BCUT2D eigenvalue weighted by molar-refractivity contribution is 9.10. The minimum Gasteiger partial charge on any atom is -0.497 e. The van der Waals surface area contributed by atoms with Crippen molar-refractivity contribution in [1.29, 1.82) is 0 Å². The molecule has 0 fully saturated rings. The molecule has 152 valence electrons. The Morgan fingerprint density at radius 1 is 0.897 bits per heavy atom. The molecule has 0 aliphatic rings. The first-order chi connectivity index (χ1) is 14.1. The molecular weight excluding hydrogens is 430 g/mol. The average Bonchev–Trinajstić information content (AvgIpc) is 2.73. The highest BCUT2D eigenvalue weighted by Gasteiger charge is 2.13. The monoisotopic (exact) mass is 455 g/mol. The van der Waals surface area contributed by atoms with Crippen LogP contribution in [0.15, 0.2) is 65.1 Å². The van der Waals surface area contributed by atoms with Gasteiger partial charge in [-0.05, 0) is 77.3 Å². The van der Waals surface area contributed by atoms with E-state index in [1.54, 1.807) is 7.11 Å². The van der Waals surface area contributed by atoms with Crippen LogP contribution in [0, 0.1) is 6.92 Å². The summed E-state index contributed by atoms with van der Waals surface area (Å²) in [7, 11) is 1.66. The smallest absolute Gasteiger partial charge is 0.175 e. The van der Waals surface area contributed by atoms with Gasteiger partial charge in [-0.25, -0.2) is 0 Å². The number of halogens is 1. The van der Waals surface area contributed by atoms with E-state index in [2.05, 4.69) is 58.5 Å². The van der Waals surface area contributed by atoms with Gasteiger partial charge in [0.25, 0.3) is 0 Å². The molecule has 0 aromatic heterocycles. The summed E-state index contributed by atoms with van der Waals surface area (Å²) in [5.41, 5.74) is 4.48. The van der Waals surface area contributed by atoms with E-state index >= 15 is 0 Å². The average molecular weight is 456 g/mol. The molecule has 0 aliphatic heterocycles. The molecule has 0 atom stereocenters. The van der Waals surface area contributed by atoms with Gasteiger partial charge in [-0.3, -0.25) is 0 Å². The van der Waals surface area contributed by atoms with Crippen molar-refractivity contribution in [3.05, 3.63) is 81.8 Å². The summed E-state index contributed by atoms with van der Waals surface area (Å²) in [6.45, 7) is 5.78. The van der Waals surface area contributed by atoms with E-state index in [1.165, 1.54) is 5.56 Å². The molecule has 0 spiro atoms. The van der Waals surface area contributed by atoms with Crippen LogP contribution >= 0.6 is 15.9 Å². The summed E-state index contributed by atoms with van der Waals surface area (Å²) in [5, 5.41) is 3.42. The van der Waals surface area contributed by atoms with Gasteiger partial charge in [0.05, 0.1) is 18.2 Å². The Hall–Kier alpha value is -2.66. The Morgan fingerprint density at radius 3 is 2.28 bits per heavy atom. The molecule has 29 heavy (non-hydrogen) atoms. The highest BCUT2D eigenvalue weighted by Crippen LogP contribution is 2.37. The van der Waals surface area contributed by atoms with Gasteiger partial charge in [-0.15, -0.1) is 0 Å². The standard InChI is InChI=1S/C24H26BrNO3/c1-4-28-23-14-19(15-26-20-9-11-21(27-3)12-10-20)13-22(25)24(23)29-16-18-7-5-17(2)6-8-18/h5-14,26H,4,15-16H2,1-3H3. The van der Waals surface area contributed by atoms with Gasteiger partial charge in [-0.1, -0.05) is 29.8 Å². The first-order valence-electron chi connectivity index (χ1n) is 9.60. The molecule has 0 aliphatic carbocycles. The molecule has 0 amide bonds. The summed E-state index contributed by atoms with van der Waals surface area (Å²) in [4.78, 5) is 0. The van der Waals surface area contributed by atoms with E-state index in [0.717, 1.165) is 38.5 Å². The van der Waals surface area contributed by atoms with Gasteiger partial charge in [-0.2, -0.15) is 0 Å². The van der Waals surface area contributed by atoms with E-state index in [9.17, 15) is 0 Å². The molecule has 3 aromatic rings. The highest BCUT2D eigenvalue weighted by atomic mass is 79.9. The summed E-state index contributed by atoms with van der Waals surface area (Å²) >= 11 is 3.65. The molecule has 0 bridgehead atoms. The minimum absolute atomic E-state index is 0.488. The lowest BCUT2D eigenvalue weighted by Crippen LogP contribution is -2.04. The van der Waals surface area contributed by atoms with Crippen molar-refractivity contribution < 1.29 is 14.2 Å². The summed E-state index contributed by atoms with van der Waals surface area (Å²) in [5.74, 6) is 2.30. The predicted molar refractivity (Wildman–Crippen MR) is 121 cm³/mol. The fourth-order valence-electron chi connectivity index (χ4n) is 2.88. The Bertz CT molecular complexity index is 924. The number of methoxy groups -OCH3 is 1. The lowest BCUT2D eigenvalue weighted by Gasteiger charge is -2.16. The lowest BCUT2D eigenvalue weighted by molar-refractivity contribution is 0.267. The van der Waals surface area contributed by atoms with Crippen LogP contribution in [0.3, 0.4) is 0 Å². The van der Waals surface area contributed by atoms with Crippen LogP contribution in [0.1, 0.15) is 23.6 Å². The molecule has 1 N–H and O–H groups in total. The fourth-order valence-corrected chi connectivity index (χ4v) is 3.48. The molecule has 4 nitrogen and oxygen atoms in total. The van der Waals surface area contributed by atoms with Crippen molar-refractivity contribution >= 4 is 21.6 Å². The third kappa shape index (κ3) is 5.91. The zero-order chi connectivity index (χ0) is 20.6. The van der Waals surface area contributed by atoms with E-state index in [1.807, 2.05) is 37.3 Å².